The molecule has 1 aliphatic heterocycles. The van der Waals surface area contributed by atoms with Crippen molar-refractivity contribution in [3.8, 4) is 22.9 Å². The summed E-state index contributed by atoms with van der Waals surface area (Å²) in [5, 5.41) is 11.1. The fourth-order valence-electron chi connectivity index (χ4n) is 4.31. The first kappa shape index (κ1) is 23.2. The molecule has 8 heteroatoms. The first-order valence-corrected chi connectivity index (χ1v) is 11.8. The van der Waals surface area contributed by atoms with Gasteiger partial charge in [0, 0.05) is 11.3 Å². The molecule has 1 aliphatic rings. The van der Waals surface area contributed by atoms with Gasteiger partial charge in [-0.1, -0.05) is 54.6 Å². The number of rotatable bonds is 7. The van der Waals surface area contributed by atoms with Crippen molar-refractivity contribution in [2.45, 2.75) is 19.9 Å². The van der Waals surface area contributed by atoms with E-state index in [4.69, 9.17) is 19.6 Å². The van der Waals surface area contributed by atoms with Crippen molar-refractivity contribution in [1.82, 2.24) is 14.8 Å². The quantitative estimate of drug-likeness (QED) is 0.373. The minimum atomic E-state index is -0.503. The number of nitrogens with zero attached hydrogens (tertiary/aromatic N) is 3. The number of carbonyl (C=O) groups excluding carboxylic acids is 1. The molecule has 182 valence electrons. The molecule has 4 aromatic rings. The Morgan fingerprint density at radius 3 is 2.47 bits per heavy atom. The SMILES string of the molecule is CCOc1ccc(C2C(C(=O)Nc3ccccc3OC)=C(C)Nc3nc(-c4ccccc4)nn32)cc1. The van der Waals surface area contributed by atoms with Gasteiger partial charge in [0.25, 0.3) is 5.91 Å². The van der Waals surface area contributed by atoms with E-state index >= 15 is 0 Å². The minimum Gasteiger partial charge on any atom is -0.495 e. The van der Waals surface area contributed by atoms with Gasteiger partial charge >= 0.3 is 0 Å². The highest BCUT2D eigenvalue weighted by molar-refractivity contribution is 6.06. The molecule has 0 bridgehead atoms. The van der Waals surface area contributed by atoms with Gasteiger partial charge in [-0.2, -0.15) is 4.98 Å². The number of methoxy groups -OCH3 is 1. The summed E-state index contributed by atoms with van der Waals surface area (Å²) in [4.78, 5) is 18.5. The summed E-state index contributed by atoms with van der Waals surface area (Å²) in [7, 11) is 1.58. The van der Waals surface area contributed by atoms with E-state index in [1.807, 2.05) is 92.7 Å². The molecule has 1 atom stereocenters. The average molecular weight is 482 g/mol. The van der Waals surface area contributed by atoms with Crippen LogP contribution in [0.3, 0.4) is 0 Å². The van der Waals surface area contributed by atoms with E-state index in [1.54, 1.807) is 11.8 Å². The highest BCUT2D eigenvalue weighted by atomic mass is 16.5. The van der Waals surface area contributed by atoms with Crippen LogP contribution in [0.25, 0.3) is 11.4 Å². The Morgan fingerprint density at radius 1 is 1.03 bits per heavy atom. The highest BCUT2D eigenvalue weighted by Gasteiger charge is 2.34. The Labute approximate surface area is 209 Å². The van der Waals surface area contributed by atoms with Gasteiger partial charge in [-0.15, -0.1) is 5.10 Å². The molecule has 2 N–H and O–H groups in total. The molecule has 0 spiro atoms. The lowest BCUT2D eigenvalue weighted by Gasteiger charge is -2.29. The Morgan fingerprint density at radius 2 is 1.75 bits per heavy atom. The lowest BCUT2D eigenvalue weighted by Crippen LogP contribution is -2.31. The van der Waals surface area contributed by atoms with Crippen molar-refractivity contribution in [1.29, 1.82) is 0 Å². The van der Waals surface area contributed by atoms with Gasteiger partial charge in [0.15, 0.2) is 5.82 Å². The summed E-state index contributed by atoms with van der Waals surface area (Å²) in [6.07, 6.45) is 0. The second-order valence-electron chi connectivity index (χ2n) is 8.29. The van der Waals surface area contributed by atoms with Crippen LogP contribution in [0.2, 0.25) is 0 Å². The van der Waals surface area contributed by atoms with Crippen molar-refractivity contribution in [2.24, 2.45) is 0 Å². The zero-order valence-electron chi connectivity index (χ0n) is 20.4. The maximum absolute atomic E-state index is 13.7. The van der Waals surface area contributed by atoms with Crippen LogP contribution in [-0.2, 0) is 4.79 Å². The second kappa shape index (κ2) is 9.95. The Balaban J connectivity index is 1.58. The van der Waals surface area contributed by atoms with Crippen LogP contribution in [0.1, 0.15) is 25.5 Å². The summed E-state index contributed by atoms with van der Waals surface area (Å²) in [6.45, 7) is 4.39. The largest absolute Gasteiger partial charge is 0.495 e. The molecule has 8 nitrogen and oxygen atoms in total. The van der Waals surface area contributed by atoms with Crippen LogP contribution < -0.4 is 20.1 Å². The minimum absolute atomic E-state index is 0.259. The third-order valence-corrected chi connectivity index (χ3v) is 5.99. The molecule has 0 fully saturated rings. The van der Waals surface area contributed by atoms with Gasteiger partial charge in [-0.25, -0.2) is 4.68 Å². The highest BCUT2D eigenvalue weighted by Crippen LogP contribution is 2.38. The van der Waals surface area contributed by atoms with Crippen molar-refractivity contribution in [3.05, 3.63) is 95.7 Å². The lowest BCUT2D eigenvalue weighted by molar-refractivity contribution is -0.113. The summed E-state index contributed by atoms with van der Waals surface area (Å²) in [5.41, 5.74) is 3.59. The number of para-hydroxylation sites is 2. The molecular formula is C28H27N5O3. The molecule has 36 heavy (non-hydrogen) atoms. The third kappa shape index (κ3) is 4.40. The number of fused-ring (bicyclic) bond motifs is 1. The number of carbonyl (C=O) groups is 1. The fourth-order valence-corrected chi connectivity index (χ4v) is 4.31. The molecular weight excluding hydrogens is 454 g/mol. The van der Waals surface area contributed by atoms with Crippen LogP contribution in [0.4, 0.5) is 11.6 Å². The lowest BCUT2D eigenvalue weighted by atomic mass is 9.95. The number of hydrogen-bond acceptors (Lipinski definition) is 6. The molecule has 0 saturated heterocycles. The van der Waals surface area contributed by atoms with Gasteiger partial charge in [0.1, 0.15) is 17.5 Å². The third-order valence-electron chi connectivity index (χ3n) is 5.99. The topological polar surface area (TPSA) is 90.3 Å². The molecule has 2 heterocycles. The normalized spacial score (nSPS) is 14.6. The average Bonchev–Trinajstić information content (AvgIpc) is 3.33. The van der Waals surface area contributed by atoms with Gasteiger partial charge in [0.05, 0.1) is 25.0 Å². The predicted molar refractivity (Wildman–Crippen MR) is 139 cm³/mol. The Hall–Kier alpha value is -4.59. The number of hydrogen-bond donors (Lipinski definition) is 2. The molecule has 0 radical (unpaired) electrons. The molecule has 1 aromatic heterocycles. The van der Waals surface area contributed by atoms with Gasteiger partial charge in [-0.3, -0.25) is 4.79 Å². The first-order valence-electron chi connectivity index (χ1n) is 11.8. The number of allylic oxidation sites excluding steroid dienone is 1. The zero-order valence-corrected chi connectivity index (χ0v) is 20.4. The molecule has 1 amide bonds. The van der Waals surface area contributed by atoms with Crippen molar-refractivity contribution in [2.75, 3.05) is 24.4 Å². The number of aromatic nitrogens is 3. The van der Waals surface area contributed by atoms with E-state index in [9.17, 15) is 4.79 Å². The van der Waals surface area contributed by atoms with Crippen molar-refractivity contribution in [3.63, 3.8) is 0 Å². The maximum Gasteiger partial charge on any atom is 0.255 e. The molecule has 3 aromatic carbocycles. The standard InChI is InChI=1S/C28H27N5O3/c1-4-36-21-16-14-19(15-17-21)25-24(27(34)30-22-12-8-9-13-23(22)35-3)18(2)29-28-31-26(32-33(25)28)20-10-6-5-7-11-20/h5-17,25H,4H2,1-3H3,(H,30,34)(H,29,31,32). The molecule has 5 rings (SSSR count). The molecule has 1 unspecified atom stereocenters. The van der Waals surface area contributed by atoms with Crippen LogP contribution in [-0.4, -0.2) is 34.4 Å². The monoisotopic (exact) mass is 481 g/mol. The summed E-state index contributed by atoms with van der Waals surface area (Å²) in [5.74, 6) is 2.23. The Bertz CT molecular complexity index is 1410. The maximum atomic E-state index is 13.7. The second-order valence-corrected chi connectivity index (χ2v) is 8.29. The van der Waals surface area contributed by atoms with E-state index in [0.717, 1.165) is 16.9 Å². The van der Waals surface area contributed by atoms with E-state index < -0.39 is 6.04 Å². The number of anilines is 2. The summed E-state index contributed by atoms with van der Waals surface area (Å²) >= 11 is 0. The first-order chi connectivity index (χ1) is 17.6. The van der Waals surface area contributed by atoms with Gasteiger partial charge in [0.2, 0.25) is 5.95 Å². The Kier molecular flexibility index (Phi) is 6.40. The van der Waals surface area contributed by atoms with Crippen LogP contribution in [0, 0.1) is 0 Å². The predicted octanol–water partition coefficient (Wildman–Crippen LogP) is 5.28. The zero-order chi connectivity index (χ0) is 25.1. The fraction of sp³-hybridized carbons (Fsp3) is 0.179. The molecule has 0 saturated carbocycles. The van der Waals surface area contributed by atoms with Crippen molar-refractivity contribution < 1.29 is 14.3 Å². The summed E-state index contributed by atoms with van der Waals surface area (Å²) < 4.78 is 12.8. The van der Waals surface area contributed by atoms with Crippen molar-refractivity contribution >= 4 is 17.5 Å². The van der Waals surface area contributed by atoms with Gasteiger partial charge < -0.3 is 20.1 Å². The molecule has 0 aliphatic carbocycles. The number of benzene rings is 3. The van der Waals surface area contributed by atoms with Crippen LogP contribution in [0.5, 0.6) is 11.5 Å². The number of amides is 1. The number of ether oxygens (including phenoxy) is 2. The summed E-state index contributed by atoms with van der Waals surface area (Å²) in [6, 6.07) is 24.3. The number of nitrogens with one attached hydrogen (secondary N) is 2. The van der Waals surface area contributed by atoms with Crippen LogP contribution >= 0.6 is 0 Å². The van der Waals surface area contributed by atoms with E-state index in [2.05, 4.69) is 10.6 Å². The van der Waals surface area contributed by atoms with Crippen LogP contribution in [0.15, 0.2) is 90.1 Å². The van der Waals surface area contributed by atoms with Gasteiger partial charge in [-0.05, 0) is 43.7 Å². The van der Waals surface area contributed by atoms with E-state index in [1.165, 1.54) is 0 Å². The van der Waals surface area contributed by atoms with E-state index in [-0.39, 0.29) is 5.91 Å². The smallest absolute Gasteiger partial charge is 0.255 e. The van der Waals surface area contributed by atoms with E-state index in [0.29, 0.717) is 41.1 Å².